The zero-order valence-electron chi connectivity index (χ0n) is 12.3. The fraction of sp³-hybridized carbons (Fsp3) is 0.875. The summed E-state index contributed by atoms with van der Waals surface area (Å²) in [6.45, 7) is 12.0. The second-order valence-corrected chi connectivity index (χ2v) is 6.48. The van der Waals surface area contributed by atoms with Gasteiger partial charge in [-0.05, 0) is 32.1 Å². The standard InChI is InChI=1S/C16H30N2/c1-4-11-18-13-16(3,5-2)17-12-15(18)14-9-7-6-8-10-14/h4,14-15,17H,1,5-13H2,2-3H3. The SMILES string of the molecule is C=CCN1CC(C)(CC)NCC1C1CCCCC1. The Hall–Kier alpha value is -0.340. The molecule has 1 saturated heterocycles. The van der Waals surface area contributed by atoms with Crippen molar-refractivity contribution in [3.8, 4) is 0 Å². The molecule has 2 heteroatoms. The van der Waals surface area contributed by atoms with Crippen molar-refractivity contribution in [3.63, 3.8) is 0 Å². The lowest BCUT2D eigenvalue weighted by molar-refractivity contribution is 0.0498. The van der Waals surface area contributed by atoms with E-state index in [0.29, 0.717) is 5.54 Å². The van der Waals surface area contributed by atoms with Gasteiger partial charge in [0.05, 0.1) is 0 Å². The van der Waals surface area contributed by atoms with Crippen LogP contribution in [-0.4, -0.2) is 36.1 Å². The first-order valence-electron chi connectivity index (χ1n) is 7.78. The molecule has 1 aliphatic heterocycles. The quantitative estimate of drug-likeness (QED) is 0.771. The Morgan fingerprint density at radius 1 is 1.33 bits per heavy atom. The van der Waals surface area contributed by atoms with Crippen molar-refractivity contribution in [2.45, 2.75) is 64.0 Å². The van der Waals surface area contributed by atoms with Gasteiger partial charge in [-0.15, -0.1) is 6.58 Å². The van der Waals surface area contributed by atoms with Crippen LogP contribution in [0.3, 0.4) is 0 Å². The van der Waals surface area contributed by atoms with Crippen molar-refractivity contribution in [2.75, 3.05) is 19.6 Å². The van der Waals surface area contributed by atoms with Gasteiger partial charge in [0, 0.05) is 31.2 Å². The molecule has 2 atom stereocenters. The highest BCUT2D eigenvalue weighted by Gasteiger charge is 2.37. The molecule has 2 unspecified atom stereocenters. The van der Waals surface area contributed by atoms with Gasteiger partial charge < -0.3 is 5.32 Å². The Morgan fingerprint density at radius 2 is 2.06 bits per heavy atom. The van der Waals surface area contributed by atoms with Crippen LogP contribution in [0.4, 0.5) is 0 Å². The lowest BCUT2D eigenvalue weighted by Crippen LogP contribution is -2.64. The third-order valence-corrected chi connectivity index (χ3v) is 5.10. The first-order valence-corrected chi connectivity index (χ1v) is 7.78. The molecule has 1 saturated carbocycles. The molecular formula is C16H30N2. The van der Waals surface area contributed by atoms with E-state index in [0.717, 1.165) is 18.5 Å². The van der Waals surface area contributed by atoms with Crippen LogP contribution in [0.15, 0.2) is 12.7 Å². The normalized spacial score (nSPS) is 35.6. The predicted molar refractivity (Wildman–Crippen MR) is 78.8 cm³/mol. The van der Waals surface area contributed by atoms with Gasteiger partial charge in [0.15, 0.2) is 0 Å². The van der Waals surface area contributed by atoms with Crippen LogP contribution in [0.5, 0.6) is 0 Å². The van der Waals surface area contributed by atoms with Gasteiger partial charge in [0.25, 0.3) is 0 Å². The lowest BCUT2D eigenvalue weighted by atomic mass is 9.80. The summed E-state index contributed by atoms with van der Waals surface area (Å²) in [6.07, 6.45) is 10.5. The number of hydrogen-bond donors (Lipinski definition) is 1. The van der Waals surface area contributed by atoms with Crippen molar-refractivity contribution in [1.82, 2.24) is 10.2 Å². The van der Waals surface area contributed by atoms with Crippen molar-refractivity contribution in [1.29, 1.82) is 0 Å². The third-order valence-electron chi connectivity index (χ3n) is 5.10. The molecule has 0 aromatic rings. The molecule has 1 N–H and O–H groups in total. The smallest absolute Gasteiger partial charge is 0.0278 e. The van der Waals surface area contributed by atoms with Crippen molar-refractivity contribution in [3.05, 3.63) is 12.7 Å². The first-order chi connectivity index (χ1) is 8.68. The average Bonchev–Trinajstić information content (AvgIpc) is 2.40. The van der Waals surface area contributed by atoms with Gasteiger partial charge in [-0.2, -0.15) is 0 Å². The lowest BCUT2D eigenvalue weighted by Gasteiger charge is -2.49. The van der Waals surface area contributed by atoms with E-state index >= 15 is 0 Å². The summed E-state index contributed by atoms with van der Waals surface area (Å²) < 4.78 is 0. The summed E-state index contributed by atoms with van der Waals surface area (Å²) in [5.41, 5.74) is 0.300. The number of hydrogen-bond acceptors (Lipinski definition) is 2. The molecule has 0 aromatic heterocycles. The predicted octanol–water partition coefficient (Wildman–Crippen LogP) is 3.20. The van der Waals surface area contributed by atoms with Crippen LogP contribution in [-0.2, 0) is 0 Å². The van der Waals surface area contributed by atoms with Crippen LogP contribution in [0.1, 0.15) is 52.4 Å². The van der Waals surface area contributed by atoms with E-state index in [2.05, 4.69) is 36.7 Å². The van der Waals surface area contributed by atoms with Gasteiger partial charge >= 0.3 is 0 Å². The highest BCUT2D eigenvalue weighted by molar-refractivity contribution is 4.98. The molecule has 1 aliphatic carbocycles. The average molecular weight is 250 g/mol. The van der Waals surface area contributed by atoms with E-state index in [4.69, 9.17) is 0 Å². The molecule has 0 amide bonds. The van der Waals surface area contributed by atoms with Crippen molar-refractivity contribution < 1.29 is 0 Å². The summed E-state index contributed by atoms with van der Waals surface area (Å²) in [4.78, 5) is 2.68. The minimum absolute atomic E-state index is 0.300. The number of nitrogens with one attached hydrogen (secondary N) is 1. The van der Waals surface area contributed by atoms with E-state index in [9.17, 15) is 0 Å². The van der Waals surface area contributed by atoms with E-state index in [1.54, 1.807) is 0 Å². The molecule has 2 fully saturated rings. The summed E-state index contributed by atoms with van der Waals surface area (Å²) in [5, 5.41) is 3.80. The van der Waals surface area contributed by atoms with Crippen LogP contribution in [0.2, 0.25) is 0 Å². The molecule has 2 nitrogen and oxygen atoms in total. The fourth-order valence-corrected chi connectivity index (χ4v) is 3.69. The Balaban J connectivity index is 2.02. The zero-order valence-corrected chi connectivity index (χ0v) is 12.3. The third kappa shape index (κ3) is 3.16. The highest BCUT2D eigenvalue weighted by atomic mass is 15.3. The second kappa shape index (κ2) is 6.21. The topological polar surface area (TPSA) is 15.3 Å². The molecule has 0 spiro atoms. The molecule has 2 rings (SSSR count). The summed E-state index contributed by atoms with van der Waals surface area (Å²) >= 11 is 0. The van der Waals surface area contributed by atoms with Gasteiger partial charge in [-0.1, -0.05) is 32.3 Å². The molecule has 0 aromatic carbocycles. The fourth-order valence-electron chi connectivity index (χ4n) is 3.69. The Labute approximate surface area is 113 Å². The van der Waals surface area contributed by atoms with Crippen LogP contribution < -0.4 is 5.32 Å². The number of rotatable bonds is 4. The summed E-state index contributed by atoms with van der Waals surface area (Å²) in [7, 11) is 0. The Kier molecular flexibility index (Phi) is 4.85. The molecule has 0 bridgehead atoms. The monoisotopic (exact) mass is 250 g/mol. The minimum atomic E-state index is 0.300. The molecule has 18 heavy (non-hydrogen) atoms. The minimum Gasteiger partial charge on any atom is -0.309 e. The Morgan fingerprint density at radius 3 is 2.67 bits per heavy atom. The van der Waals surface area contributed by atoms with Gasteiger partial charge in [0.1, 0.15) is 0 Å². The van der Waals surface area contributed by atoms with Gasteiger partial charge in [-0.3, -0.25) is 4.90 Å². The maximum absolute atomic E-state index is 3.95. The zero-order chi connectivity index (χ0) is 13.0. The summed E-state index contributed by atoms with van der Waals surface area (Å²) in [5.74, 6) is 0.910. The van der Waals surface area contributed by atoms with E-state index < -0.39 is 0 Å². The summed E-state index contributed by atoms with van der Waals surface area (Å²) in [6, 6.07) is 0.739. The highest BCUT2D eigenvalue weighted by Crippen LogP contribution is 2.32. The largest absolute Gasteiger partial charge is 0.309 e. The molecule has 1 heterocycles. The van der Waals surface area contributed by atoms with Crippen LogP contribution in [0, 0.1) is 5.92 Å². The first kappa shape index (κ1) is 14.1. The molecular weight excluding hydrogens is 220 g/mol. The van der Waals surface area contributed by atoms with Gasteiger partial charge in [0.2, 0.25) is 0 Å². The van der Waals surface area contributed by atoms with Crippen LogP contribution in [0.25, 0.3) is 0 Å². The maximum Gasteiger partial charge on any atom is 0.0278 e. The van der Waals surface area contributed by atoms with Crippen LogP contribution >= 0.6 is 0 Å². The van der Waals surface area contributed by atoms with E-state index in [-0.39, 0.29) is 0 Å². The van der Waals surface area contributed by atoms with Crippen molar-refractivity contribution in [2.24, 2.45) is 5.92 Å². The second-order valence-electron chi connectivity index (χ2n) is 6.48. The van der Waals surface area contributed by atoms with E-state index in [1.165, 1.54) is 51.6 Å². The molecule has 104 valence electrons. The number of piperazine rings is 1. The molecule has 0 radical (unpaired) electrons. The van der Waals surface area contributed by atoms with Crippen molar-refractivity contribution >= 4 is 0 Å². The number of nitrogens with zero attached hydrogens (tertiary/aromatic N) is 1. The maximum atomic E-state index is 3.95. The Bertz CT molecular complexity index is 270. The molecule has 2 aliphatic rings. The van der Waals surface area contributed by atoms with Gasteiger partial charge in [-0.25, -0.2) is 0 Å². The van der Waals surface area contributed by atoms with E-state index in [1.807, 2.05) is 0 Å².